The highest BCUT2D eigenvalue weighted by Crippen LogP contribution is 2.18. The van der Waals surface area contributed by atoms with E-state index < -0.39 is 0 Å². The van der Waals surface area contributed by atoms with E-state index in [0.29, 0.717) is 23.2 Å². The smallest absolute Gasteiger partial charge is 0.257 e. The predicted octanol–water partition coefficient (Wildman–Crippen LogP) is 2.01. The van der Waals surface area contributed by atoms with Crippen molar-refractivity contribution in [3.63, 3.8) is 0 Å². The van der Waals surface area contributed by atoms with E-state index in [-0.39, 0.29) is 12.5 Å². The van der Waals surface area contributed by atoms with Gasteiger partial charge < -0.3 is 10.4 Å². The van der Waals surface area contributed by atoms with Gasteiger partial charge in [0, 0.05) is 12.0 Å². The molecule has 0 fully saturated rings. The maximum absolute atomic E-state index is 12.4. The molecule has 0 aliphatic carbocycles. The zero-order chi connectivity index (χ0) is 15.2. The van der Waals surface area contributed by atoms with Gasteiger partial charge in [0.25, 0.3) is 5.91 Å². The summed E-state index contributed by atoms with van der Waals surface area (Å²) in [7, 11) is 0. The van der Waals surface area contributed by atoms with Gasteiger partial charge in [-0.2, -0.15) is 5.10 Å². The molecule has 0 radical (unpaired) electrons. The second-order valence-electron chi connectivity index (χ2n) is 4.58. The van der Waals surface area contributed by atoms with Crippen molar-refractivity contribution in [1.29, 1.82) is 0 Å². The fourth-order valence-electron chi connectivity index (χ4n) is 1.92. The van der Waals surface area contributed by atoms with Crippen LogP contribution in [0.5, 0.6) is 0 Å². The van der Waals surface area contributed by atoms with Gasteiger partial charge >= 0.3 is 0 Å². The number of hydrogen-bond acceptors (Lipinski definition) is 3. The van der Waals surface area contributed by atoms with Crippen LogP contribution in [0.4, 0.5) is 5.69 Å². The van der Waals surface area contributed by atoms with E-state index in [0.717, 1.165) is 11.4 Å². The maximum atomic E-state index is 12.4. The number of carbonyl (C=O) groups excluding carboxylic acids is 1. The van der Waals surface area contributed by atoms with E-state index in [2.05, 4.69) is 27.4 Å². The number of rotatable bonds is 3. The Kier molecular flexibility index (Phi) is 4.75. The summed E-state index contributed by atoms with van der Waals surface area (Å²) in [5.41, 5.74) is 3.39. The van der Waals surface area contributed by atoms with Gasteiger partial charge in [0.1, 0.15) is 0 Å². The number of benzene rings is 1. The van der Waals surface area contributed by atoms with Crippen molar-refractivity contribution in [2.24, 2.45) is 0 Å². The van der Waals surface area contributed by atoms with Crippen molar-refractivity contribution >= 4 is 11.6 Å². The third kappa shape index (κ3) is 3.50. The first-order chi connectivity index (χ1) is 10.1. The number of anilines is 1. The highest BCUT2D eigenvalue weighted by molar-refractivity contribution is 6.06. The molecule has 0 unspecified atom stereocenters. The predicted molar refractivity (Wildman–Crippen MR) is 81.0 cm³/mol. The number of aromatic nitrogens is 2. The van der Waals surface area contributed by atoms with Crippen LogP contribution in [0.15, 0.2) is 24.3 Å². The molecular formula is C16H17N3O2. The normalized spacial score (nSPS) is 9.86. The monoisotopic (exact) mass is 283 g/mol. The summed E-state index contributed by atoms with van der Waals surface area (Å²) >= 11 is 0. The number of amides is 1. The Hall–Kier alpha value is -2.58. The number of carbonyl (C=O) groups is 1. The number of aromatic amines is 1. The summed E-state index contributed by atoms with van der Waals surface area (Å²) in [6.45, 7) is 3.68. The number of H-pyrrole nitrogens is 1. The molecule has 5 nitrogen and oxygen atoms in total. The molecule has 0 saturated heterocycles. The summed E-state index contributed by atoms with van der Waals surface area (Å²) in [5.74, 6) is 5.51. The number of aliphatic hydroxyl groups excluding tert-OH is 1. The van der Waals surface area contributed by atoms with E-state index in [1.54, 1.807) is 18.2 Å². The van der Waals surface area contributed by atoms with Gasteiger partial charge in [-0.05, 0) is 26.0 Å². The second kappa shape index (κ2) is 6.73. The molecule has 0 aliphatic rings. The highest BCUT2D eigenvalue weighted by Gasteiger charge is 2.14. The lowest BCUT2D eigenvalue weighted by atomic mass is 10.1. The highest BCUT2D eigenvalue weighted by atomic mass is 16.2. The first-order valence-electron chi connectivity index (χ1n) is 6.65. The van der Waals surface area contributed by atoms with E-state index in [1.807, 2.05) is 19.9 Å². The first-order valence-corrected chi connectivity index (χ1v) is 6.65. The summed E-state index contributed by atoms with van der Waals surface area (Å²) in [4.78, 5) is 12.4. The molecule has 0 atom stereocenters. The zero-order valence-corrected chi connectivity index (χ0v) is 12.0. The van der Waals surface area contributed by atoms with Crippen LogP contribution >= 0.6 is 0 Å². The minimum Gasteiger partial charge on any atom is -0.395 e. The molecule has 3 N–H and O–H groups in total. The van der Waals surface area contributed by atoms with Crippen molar-refractivity contribution in [1.82, 2.24) is 10.2 Å². The molecule has 2 rings (SSSR count). The van der Waals surface area contributed by atoms with Crippen LogP contribution in [0.25, 0.3) is 0 Å². The number of nitrogens with one attached hydrogen (secondary N) is 2. The van der Waals surface area contributed by atoms with Gasteiger partial charge in [0.15, 0.2) is 0 Å². The Morgan fingerprint density at radius 1 is 1.38 bits per heavy atom. The van der Waals surface area contributed by atoms with Crippen LogP contribution in [-0.2, 0) is 0 Å². The van der Waals surface area contributed by atoms with Crippen molar-refractivity contribution in [3.05, 3.63) is 46.8 Å². The van der Waals surface area contributed by atoms with Crippen LogP contribution < -0.4 is 5.32 Å². The Morgan fingerprint density at radius 2 is 2.14 bits per heavy atom. The lowest BCUT2D eigenvalue weighted by Crippen LogP contribution is -2.14. The third-order valence-electron chi connectivity index (χ3n) is 3.00. The van der Waals surface area contributed by atoms with Crippen LogP contribution in [0.2, 0.25) is 0 Å². The van der Waals surface area contributed by atoms with Gasteiger partial charge in [-0.1, -0.05) is 24.0 Å². The summed E-state index contributed by atoms with van der Waals surface area (Å²) < 4.78 is 0. The van der Waals surface area contributed by atoms with Crippen molar-refractivity contribution in [3.8, 4) is 11.8 Å². The lowest BCUT2D eigenvalue weighted by molar-refractivity contribution is 0.102. The van der Waals surface area contributed by atoms with Gasteiger partial charge in [-0.15, -0.1) is 0 Å². The maximum Gasteiger partial charge on any atom is 0.257 e. The fourth-order valence-corrected chi connectivity index (χ4v) is 1.92. The van der Waals surface area contributed by atoms with Crippen LogP contribution in [0.3, 0.4) is 0 Å². The number of hydrogen-bond donors (Lipinski definition) is 3. The number of aliphatic hydroxyl groups is 1. The number of aryl methyl sites for hydroxylation is 2. The van der Waals surface area contributed by atoms with Crippen molar-refractivity contribution in [2.45, 2.75) is 20.3 Å². The zero-order valence-electron chi connectivity index (χ0n) is 12.0. The number of nitrogens with zero attached hydrogens (tertiary/aromatic N) is 1. The standard InChI is InChI=1S/C16H17N3O2/c1-11-15(12(2)19-18-11)17-16(21)14-9-4-3-7-13(14)8-5-6-10-20/h3-4,7,9,20H,6,10H2,1-2H3,(H,17,21)(H,18,19). The average molecular weight is 283 g/mol. The van der Waals surface area contributed by atoms with E-state index in [9.17, 15) is 4.79 Å². The molecule has 0 saturated carbocycles. The second-order valence-corrected chi connectivity index (χ2v) is 4.58. The lowest BCUT2D eigenvalue weighted by Gasteiger charge is -2.07. The summed E-state index contributed by atoms with van der Waals surface area (Å²) in [6, 6.07) is 7.13. The fraction of sp³-hybridized carbons (Fsp3) is 0.250. The molecule has 5 heteroatoms. The largest absolute Gasteiger partial charge is 0.395 e. The Labute approximate surface area is 123 Å². The third-order valence-corrected chi connectivity index (χ3v) is 3.00. The van der Waals surface area contributed by atoms with Crippen LogP contribution in [0, 0.1) is 25.7 Å². The van der Waals surface area contributed by atoms with Crippen molar-refractivity contribution < 1.29 is 9.90 Å². The van der Waals surface area contributed by atoms with Crippen LogP contribution in [0.1, 0.15) is 33.7 Å². The van der Waals surface area contributed by atoms with E-state index >= 15 is 0 Å². The molecule has 1 aromatic carbocycles. The quantitative estimate of drug-likeness (QED) is 0.754. The van der Waals surface area contributed by atoms with E-state index in [1.165, 1.54) is 0 Å². The Morgan fingerprint density at radius 3 is 2.81 bits per heavy atom. The van der Waals surface area contributed by atoms with Crippen molar-refractivity contribution in [2.75, 3.05) is 11.9 Å². The molecular weight excluding hydrogens is 266 g/mol. The summed E-state index contributed by atoms with van der Waals surface area (Å²) in [5, 5.41) is 18.5. The molecule has 2 aromatic rings. The van der Waals surface area contributed by atoms with Gasteiger partial charge in [0.05, 0.1) is 29.2 Å². The average Bonchev–Trinajstić information content (AvgIpc) is 2.80. The first kappa shape index (κ1) is 14.8. The van der Waals surface area contributed by atoms with E-state index in [4.69, 9.17) is 5.11 Å². The molecule has 1 aromatic heterocycles. The molecule has 21 heavy (non-hydrogen) atoms. The molecule has 108 valence electrons. The Balaban J connectivity index is 2.26. The van der Waals surface area contributed by atoms with Gasteiger partial charge in [-0.3, -0.25) is 9.89 Å². The molecule has 1 heterocycles. The SMILES string of the molecule is Cc1n[nH]c(C)c1NC(=O)c1ccccc1C#CCCO. The molecule has 0 spiro atoms. The topological polar surface area (TPSA) is 78.0 Å². The van der Waals surface area contributed by atoms with Crippen LogP contribution in [-0.4, -0.2) is 27.8 Å². The molecule has 1 amide bonds. The Bertz CT molecular complexity index is 688. The minimum absolute atomic E-state index is 0.00870. The minimum atomic E-state index is -0.225. The van der Waals surface area contributed by atoms with Gasteiger partial charge in [-0.25, -0.2) is 0 Å². The molecule has 0 bridgehead atoms. The molecule has 0 aliphatic heterocycles. The van der Waals surface area contributed by atoms with Gasteiger partial charge in [0.2, 0.25) is 0 Å². The summed E-state index contributed by atoms with van der Waals surface area (Å²) in [6.07, 6.45) is 0.385.